The molecule has 4 nitrogen and oxygen atoms in total. The van der Waals surface area contributed by atoms with Gasteiger partial charge in [-0.2, -0.15) is 0 Å². The lowest BCUT2D eigenvalue weighted by molar-refractivity contribution is -0.117. The van der Waals surface area contributed by atoms with Crippen molar-refractivity contribution in [3.8, 4) is 0 Å². The van der Waals surface area contributed by atoms with Gasteiger partial charge < -0.3 is 10.2 Å². The van der Waals surface area contributed by atoms with Crippen LogP contribution in [0.25, 0.3) is 0 Å². The lowest BCUT2D eigenvalue weighted by atomic mass is 9.95. The Balaban J connectivity index is 1.20. The van der Waals surface area contributed by atoms with Gasteiger partial charge in [0.25, 0.3) is 0 Å². The number of anilines is 2. The summed E-state index contributed by atoms with van der Waals surface area (Å²) >= 11 is 6.10. The highest BCUT2D eigenvalue weighted by molar-refractivity contribution is 6.30. The summed E-state index contributed by atoms with van der Waals surface area (Å²) in [7, 11) is 0. The quantitative estimate of drug-likeness (QED) is 0.723. The Morgan fingerprint density at radius 1 is 1.07 bits per heavy atom. The second-order valence-corrected chi connectivity index (χ2v) is 8.01. The molecule has 0 bridgehead atoms. The third kappa shape index (κ3) is 4.31. The number of nitrogens with zero attached hydrogens (tertiary/aromatic N) is 2. The third-order valence-electron chi connectivity index (χ3n) is 5.73. The Hall–Kier alpha value is -2.11. The van der Waals surface area contributed by atoms with Gasteiger partial charge in [-0.15, -0.1) is 0 Å². The summed E-state index contributed by atoms with van der Waals surface area (Å²) < 4.78 is 13.3. The maximum absolute atomic E-state index is 13.3. The minimum atomic E-state index is -0.309. The molecule has 1 N–H and O–H groups in total. The van der Waals surface area contributed by atoms with Crippen LogP contribution in [-0.4, -0.2) is 43.5 Å². The van der Waals surface area contributed by atoms with E-state index in [4.69, 9.17) is 11.6 Å². The Morgan fingerprint density at radius 2 is 1.89 bits per heavy atom. The SMILES string of the molecule is O=C1Nc2cc(F)ccc2C1CCCCN1CCN(c2cccc(Cl)c2)CC1. The predicted octanol–water partition coefficient (Wildman–Crippen LogP) is 4.51. The highest BCUT2D eigenvalue weighted by Crippen LogP contribution is 2.36. The zero-order valence-electron chi connectivity index (χ0n) is 15.8. The molecule has 1 amide bonds. The highest BCUT2D eigenvalue weighted by atomic mass is 35.5. The van der Waals surface area contributed by atoms with Gasteiger partial charge in [0.15, 0.2) is 0 Å². The fourth-order valence-electron chi connectivity index (χ4n) is 4.17. The van der Waals surface area contributed by atoms with Gasteiger partial charge in [-0.1, -0.05) is 30.2 Å². The van der Waals surface area contributed by atoms with Gasteiger partial charge in [-0.3, -0.25) is 9.69 Å². The third-order valence-corrected chi connectivity index (χ3v) is 5.96. The minimum Gasteiger partial charge on any atom is -0.369 e. The summed E-state index contributed by atoms with van der Waals surface area (Å²) in [5.74, 6) is -0.456. The lowest BCUT2D eigenvalue weighted by Gasteiger charge is -2.36. The van der Waals surface area contributed by atoms with Crippen molar-refractivity contribution in [1.82, 2.24) is 4.90 Å². The summed E-state index contributed by atoms with van der Waals surface area (Å²) in [6.07, 6.45) is 2.87. The zero-order valence-corrected chi connectivity index (χ0v) is 16.6. The Morgan fingerprint density at radius 3 is 2.68 bits per heavy atom. The maximum atomic E-state index is 13.3. The van der Waals surface area contributed by atoms with Gasteiger partial charge in [0.2, 0.25) is 5.91 Å². The number of amides is 1. The van der Waals surface area contributed by atoms with Gasteiger partial charge >= 0.3 is 0 Å². The van der Waals surface area contributed by atoms with E-state index in [-0.39, 0.29) is 17.6 Å². The van der Waals surface area contributed by atoms with Crippen LogP contribution in [0.4, 0.5) is 15.8 Å². The first-order chi connectivity index (χ1) is 13.6. The maximum Gasteiger partial charge on any atom is 0.232 e. The second-order valence-electron chi connectivity index (χ2n) is 7.58. The zero-order chi connectivity index (χ0) is 19.5. The number of carbonyl (C=O) groups is 1. The monoisotopic (exact) mass is 401 g/mol. The van der Waals surface area contributed by atoms with E-state index in [1.54, 1.807) is 6.07 Å². The van der Waals surface area contributed by atoms with Crippen LogP contribution in [0.5, 0.6) is 0 Å². The van der Waals surface area contributed by atoms with Crippen LogP contribution < -0.4 is 10.2 Å². The Labute approximate surface area is 170 Å². The average Bonchev–Trinajstić information content (AvgIpc) is 3.00. The molecule has 0 aromatic heterocycles. The fraction of sp³-hybridized carbons (Fsp3) is 0.409. The van der Waals surface area contributed by atoms with E-state index in [1.165, 1.54) is 17.8 Å². The molecule has 2 aromatic rings. The van der Waals surface area contributed by atoms with E-state index in [1.807, 2.05) is 18.2 Å². The number of benzene rings is 2. The van der Waals surface area contributed by atoms with Crippen molar-refractivity contribution in [3.05, 3.63) is 58.9 Å². The van der Waals surface area contributed by atoms with Crippen LogP contribution in [-0.2, 0) is 4.79 Å². The van der Waals surface area contributed by atoms with E-state index in [0.717, 1.165) is 62.6 Å². The first-order valence-electron chi connectivity index (χ1n) is 9.93. The summed E-state index contributed by atoms with van der Waals surface area (Å²) in [5.41, 5.74) is 2.75. The summed E-state index contributed by atoms with van der Waals surface area (Å²) in [6, 6.07) is 12.6. The van der Waals surface area contributed by atoms with E-state index < -0.39 is 0 Å². The Kier molecular flexibility index (Phi) is 5.83. The van der Waals surface area contributed by atoms with Crippen LogP contribution in [0.1, 0.15) is 30.7 Å². The first-order valence-corrected chi connectivity index (χ1v) is 10.3. The average molecular weight is 402 g/mol. The van der Waals surface area contributed by atoms with Crippen molar-refractivity contribution in [2.75, 3.05) is 42.9 Å². The van der Waals surface area contributed by atoms with Gasteiger partial charge in [0, 0.05) is 42.6 Å². The Bertz CT molecular complexity index is 851. The molecule has 6 heteroatoms. The number of unbranched alkanes of at least 4 members (excludes halogenated alkanes) is 1. The standard InChI is InChI=1S/C22H25ClFN3O/c23-16-4-3-5-18(14-16)27-12-10-26(11-13-27)9-2-1-6-20-19-8-7-17(24)15-21(19)25-22(20)28/h3-5,7-8,14-15,20H,1-2,6,9-13H2,(H,25,28). The molecule has 4 rings (SSSR count). The molecule has 0 aliphatic carbocycles. The first kappa shape index (κ1) is 19.2. The van der Waals surface area contributed by atoms with Gasteiger partial charge in [0.05, 0.1) is 5.92 Å². The number of nitrogens with one attached hydrogen (secondary N) is 1. The normalized spacial score (nSPS) is 19.6. The molecule has 0 saturated carbocycles. The number of fused-ring (bicyclic) bond motifs is 1. The van der Waals surface area contributed by atoms with Crippen molar-refractivity contribution >= 4 is 28.9 Å². The number of hydrogen-bond donors (Lipinski definition) is 1. The van der Waals surface area contributed by atoms with E-state index in [9.17, 15) is 9.18 Å². The van der Waals surface area contributed by atoms with Crippen molar-refractivity contribution < 1.29 is 9.18 Å². The summed E-state index contributed by atoms with van der Waals surface area (Å²) in [4.78, 5) is 17.0. The molecule has 2 aromatic carbocycles. The molecule has 28 heavy (non-hydrogen) atoms. The predicted molar refractivity (Wildman–Crippen MR) is 112 cm³/mol. The summed E-state index contributed by atoms with van der Waals surface area (Å²) in [5, 5.41) is 3.58. The number of halogens is 2. The van der Waals surface area contributed by atoms with Crippen LogP contribution in [0.15, 0.2) is 42.5 Å². The van der Waals surface area contributed by atoms with E-state index >= 15 is 0 Å². The lowest BCUT2D eigenvalue weighted by Crippen LogP contribution is -2.46. The van der Waals surface area contributed by atoms with E-state index in [0.29, 0.717) is 5.69 Å². The molecule has 0 spiro atoms. The topological polar surface area (TPSA) is 35.6 Å². The molecule has 2 heterocycles. The van der Waals surface area contributed by atoms with E-state index in [2.05, 4.69) is 21.2 Å². The molecule has 0 radical (unpaired) electrons. The molecule has 2 aliphatic heterocycles. The van der Waals surface area contributed by atoms with Crippen LogP contribution in [0.2, 0.25) is 5.02 Å². The van der Waals surface area contributed by atoms with Gasteiger partial charge in [-0.05, 0) is 55.3 Å². The number of hydrogen-bond acceptors (Lipinski definition) is 3. The number of piperazine rings is 1. The molecule has 1 atom stereocenters. The van der Waals surface area contributed by atoms with Gasteiger partial charge in [-0.25, -0.2) is 4.39 Å². The van der Waals surface area contributed by atoms with Crippen molar-refractivity contribution in [1.29, 1.82) is 0 Å². The smallest absolute Gasteiger partial charge is 0.232 e. The molecule has 1 saturated heterocycles. The van der Waals surface area contributed by atoms with Crippen molar-refractivity contribution in [2.24, 2.45) is 0 Å². The molecule has 1 unspecified atom stereocenters. The van der Waals surface area contributed by atoms with Gasteiger partial charge in [0.1, 0.15) is 5.82 Å². The fourth-order valence-corrected chi connectivity index (χ4v) is 4.36. The molecule has 1 fully saturated rings. The molecular formula is C22H25ClFN3O. The van der Waals surface area contributed by atoms with Crippen LogP contribution >= 0.6 is 11.6 Å². The summed E-state index contributed by atoms with van der Waals surface area (Å²) in [6.45, 7) is 5.14. The number of carbonyl (C=O) groups excluding carboxylic acids is 1. The largest absolute Gasteiger partial charge is 0.369 e. The number of rotatable bonds is 6. The van der Waals surface area contributed by atoms with Crippen LogP contribution in [0.3, 0.4) is 0 Å². The molecule has 2 aliphatic rings. The highest BCUT2D eigenvalue weighted by Gasteiger charge is 2.30. The molecule has 148 valence electrons. The van der Waals surface area contributed by atoms with Crippen molar-refractivity contribution in [3.63, 3.8) is 0 Å². The second kappa shape index (κ2) is 8.50. The minimum absolute atomic E-state index is 0.00395. The molecular weight excluding hydrogens is 377 g/mol. The van der Waals surface area contributed by atoms with Crippen molar-refractivity contribution in [2.45, 2.75) is 25.2 Å². The van der Waals surface area contributed by atoms with Crippen LogP contribution in [0, 0.1) is 5.82 Å².